The standard InChI is InChI=1S/C9H12N4O3S/c1-16-9-7(10)8(11-5-12-9)13-6-2-3-17(14,15)4-6/h2-3,5-6H,4,10H2,1H3,(H,11,12,13). The van der Waals surface area contributed by atoms with Gasteiger partial charge in [-0.2, -0.15) is 4.98 Å². The van der Waals surface area contributed by atoms with Crippen LogP contribution in [0.3, 0.4) is 0 Å². The van der Waals surface area contributed by atoms with Crippen LogP contribution in [0.1, 0.15) is 0 Å². The van der Waals surface area contributed by atoms with Gasteiger partial charge in [0.15, 0.2) is 15.7 Å². The van der Waals surface area contributed by atoms with Crippen LogP contribution >= 0.6 is 0 Å². The maximum Gasteiger partial charge on any atom is 0.242 e. The van der Waals surface area contributed by atoms with Crippen molar-refractivity contribution in [3.05, 3.63) is 17.8 Å². The summed E-state index contributed by atoms with van der Waals surface area (Å²) in [6, 6.07) is -0.332. The van der Waals surface area contributed by atoms with E-state index in [9.17, 15) is 8.42 Å². The van der Waals surface area contributed by atoms with Crippen LogP contribution in [0.2, 0.25) is 0 Å². The molecule has 1 aliphatic heterocycles. The van der Waals surface area contributed by atoms with E-state index in [1.807, 2.05) is 0 Å². The maximum absolute atomic E-state index is 11.2. The summed E-state index contributed by atoms with van der Waals surface area (Å²) in [5.74, 6) is 0.620. The Kier molecular flexibility index (Phi) is 2.88. The molecule has 0 aliphatic carbocycles. The van der Waals surface area contributed by atoms with Crippen molar-refractivity contribution >= 4 is 21.3 Å². The highest BCUT2D eigenvalue weighted by Crippen LogP contribution is 2.25. The number of ether oxygens (including phenoxy) is 1. The van der Waals surface area contributed by atoms with Crippen LogP contribution in [0.15, 0.2) is 17.8 Å². The Labute approximate surface area is 98.6 Å². The first kappa shape index (κ1) is 11.6. The van der Waals surface area contributed by atoms with Crippen LogP contribution in [-0.4, -0.2) is 37.3 Å². The number of anilines is 2. The third-order valence-electron chi connectivity index (χ3n) is 2.29. The van der Waals surface area contributed by atoms with Crippen molar-refractivity contribution in [2.24, 2.45) is 0 Å². The molecular weight excluding hydrogens is 244 g/mol. The molecule has 0 aromatic carbocycles. The zero-order valence-electron chi connectivity index (χ0n) is 9.12. The molecule has 0 spiro atoms. The van der Waals surface area contributed by atoms with E-state index in [1.54, 1.807) is 6.08 Å². The number of hydrogen-bond acceptors (Lipinski definition) is 7. The van der Waals surface area contributed by atoms with Crippen molar-refractivity contribution in [2.75, 3.05) is 23.9 Å². The van der Waals surface area contributed by atoms with E-state index >= 15 is 0 Å². The molecule has 1 unspecified atom stereocenters. The van der Waals surface area contributed by atoms with Crippen molar-refractivity contribution < 1.29 is 13.2 Å². The fourth-order valence-electron chi connectivity index (χ4n) is 1.50. The van der Waals surface area contributed by atoms with E-state index in [0.29, 0.717) is 5.82 Å². The molecule has 8 heteroatoms. The summed E-state index contributed by atoms with van der Waals surface area (Å²) in [7, 11) is -1.66. The van der Waals surface area contributed by atoms with Gasteiger partial charge >= 0.3 is 0 Å². The number of aromatic nitrogens is 2. The minimum absolute atomic E-state index is 0.00123. The molecule has 0 saturated carbocycles. The summed E-state index contributed by atoms with van der Waals surface area (Å²) in [6.07, 6.45) is 2.86. The van der Waals surface area contributed by atoms with Gasteiger partial charge in [0.05, 0.1) is 18.9 Å². The van der Waals surface area contributed by atoms with E-state index in [-0.39, 0.29) is 23.4 Å². The highest BCUT2D eigenvalue weighted by atomic mass is 32.2. The van der Waals surface area contributed by atoms with Crippen LogP contribution in [0.25, 0.3) is 0 Å². The van der Waals surface area contributed by atoms with Gasteiger partial charge in [-0.05, 0) is 6.08 Å². The van der Waals surface area contributed by atoms with E-state index in [1.165, 1.54) is 18.8 Å². The molecule has 1 aliphatic rings. The molecule has 2 rings (SSSR count). The summed E-state index contributed by atoms with van der Waals surface area (Å²) < 4.78 is 27.4. The van der Waals surface area contributed by atoms with E-state index in [2.05, 4.69) is 15.3 Å². The molecule has 0 bridgehead atoms. The van der Waals surface area contributed by atoms with Crippen LogP contribution in [-0.2, 0) is 9.84 Å². The first-order chi connectivity index (χ1) is 8.02. The van der Waals surface area contributed by atoms with Gasteiger partial charge in [0, 0.05) is 5.41 Å². The van der Waals surface area contributed by atoms with Crippen LogP contribution in [0, 0.1) is 0 Å². The van der Waals surface area contributed by atoms with Crippen LogP contribution < -0.4 is 15.8 Å². The minimum atomic E-state index is -3.10. The Morgan fingerprint density at radius 3 is 2.88 bits per heavy atom. The highest BCUT2D eigenvalue weighted by Gasteiger charge is 2.22. The Bertz CT molecular complexity index is 555. The van der Waals surface area contributed by atoms with Gasteiger partial charge in [0.1, 0.15) is 12.0 Å². The second-order valence-corrected chi connectivity index (χ2v) is 5.49. The predicted octanol–water partition coefficient (Wildman–Crippen LogP) is -0.210. The number of nitrogens with zero attached hydrogens (tertiary/aromatic N) is 2. The summed E-state index contributed by atoms with van der Waals surface area (Å²) in [5.41, 5.74) is 6.01. The van der Waals surface area contributed by atoms with Gasteiger partial charge in [-0.25, -0.2) is 13.4 Å². The quantitative estimate of drug-likeness (QED) is 0.770. The first-order valence-corrected chi connectivity index (χ1v) is 6.55. The van der Waals surface area contributed by atoms with Crippen molar-refractivity contribution in [3.63, 3.8) is 0 Å². The molecule has 1 aromatic rings. The van der Waals surface area contributed by atoms with Crippen molar-refractivity contribution in [3.8, 4) is 5.88 Å². The van der Waals surface area contributed by atoms with E-state index < -0.39 is 9.84 Å². The zero-order chi connectivity index (χ0) is 12.5. The van der Waals surface area contributed by atoms with Crippen LogP contribution in [0.5, 0.6) is 5.88 Å². The largest absolute Gasteiger partial charge is 0.479 e. The minimum Gasteiger partial charge on any atom is -0.479 e. The fraction of sp³-hybridized carbons (Fsp3) is 0.333. The van der Waals surface area contributed by atoms with Gasteiger partial charge in [-0.15, -0.1) is 0 Å². The Morgan fingerprint density at radius 2 is 2.29 bits per heavy atom. The molecule has 0 radical (unpaired) electrons. The number of rotatable bonds is 3. The third kappa shape index (κ3) is 2.47. The maximum atomic E-state index is 11.2. The van der Waals surface area contributed by atoms with Gasteiger partial charge < -0.3 is 15.8 Å². The topological polar surface area (TPSA) is 107 Å². The molecule has 2 heterocycles. The second kappa shape index (κ2) is 4.21. The van der Waals surface area contributed by atoms with Crippen LogP contribution in [0.4, 0.5) is 11.5 Å². The average molecular weight is 256 g/mol. The predicted molar refractivity (Wildman–Crippen MR) is 63.3 cm³/mol. The van der Waals surface area contributed by atoms with E-state index in [4.69, 9.17) is 10.5 Å². The SMILES string of the molecule is COc1ncnc(NC2C=CS(=O)(=O)C2)c1N. The lowest BCUT2D eigenvalue weighted by molar-refractivity contribution is 0.399. The van der Waals surface area contributed by atoms with Gasteiger partial charge in [-0.3, -0.25) is 0 Å². The summed E-state index contributed by atoms with van der Waals surface area (Å²) in [4.78, 5) is 7.77. The lowest BCUT2D eigenvalue weighted by Crippen LogP contribution is -2.22. The van der Waals surface area contributed by atoms with Gasteiger partial charge in [0.25, 0.3) is 0 Å². The fourth-order valence-corrected chi connectivity index (χ4v) is 2.73. The second-order valence-electron chi connectivity index (χ2n) is 3.55. The molecular formula is C9H12N4O3S. The lowest BCUT2D eigenvalue weighted by atomic mass is 10.3. The van der Waals surface area contributed by atoms with Crippen molar-refractivity contribution in [2.45, 2.75) is 6.04 Å². The molecule has 17 heavy (non-hydrogen) atoms. The molecule has 1 aromatic heterocycles. The normalized spacial score (nSPS) is 21.4. The summed E-state index contributed by atoms with van der Waals surface area (Å²) in [6.45, 7) is 0. The summed E-state index contributed by atoms with van der Waals surface area (Å²) in [5, 5.41) is 4.10. The Morgan fingerprint density at radius 1 is 1.53 bits per heavy atom. The lowest BCUT2D eigenvalue weighted by Gasteiger charge is -2.13. The van der Waals surface area contributed by atoms with Crippen molar-refractivity contribution in [1.29, 1.82) is 0 Å². The number of nitrogens with one attached hydrogen (secondary N) is 1. The monoisotopic (exact) mass is 256 g/mol. The zero-order valence-corrected chi connectivity index (χ0v) is 9.94. The Hall–Kier alpha value is -1.83. The molecule has 1 atom stereocenters. The molecule has 0 saturated heterocycles. The number of nitrogens with two attached hydrogens (primary N) is 1. The number of sulfone groups is 1. The summed E-state index contributed by atoms with van der Waals surface area (Å²) >= 11 is 0. The average Bonchev–Trinajstić information content (AvgIpc) is 2.61. The number of hydrogen-bond donors (Lipinski definition) is 2. The molecule has 92 valence electrons. The Balaban J connectivity index is 2.18. The number of nitrogen functional groups attached to an aromatic ring is 1. The number of methoxy groups -OCH3 is 1. The smallest absolute Gasteiger partial charge is 0.242 e. The van der Waals surface area contributed by atoms with Gasteiger partial charge in [-0.1, -0.05) is 0 Å². The third-order valence-corrected chi connectivity index (χ3v) is 3.69. The first-order valence-electron chi connectivity index (χ1n) is 4.84. The van der Waals surface area contributed by atoms with Gasteiger partial charge in [0.2, 0.25) is 5.88 Å². The highest BCUT2D eigenvalue weighted by molar-refractivity contribution is 7.94. The molecule has 0 fully saturated rings. The van der Waals surface area contributed by atoms with Crippen molar-refractivity contribution in [1.82, 2.24) is 9.97 Å². The molecule has 7 nitrogen and oxygen atoms in total. The molecule has 0 amide bonds. The van der Waals surface area contributed by atoms with E-state index in [0.717, 1.165) is 0 Å². The molecule has 3 N–H and O–H groups in total.